The maximum atomic E-state index is 12.4. The molecule has 1 heterocycles. The summed E-state index contributed by atoms with van der Waals surface area (Å²) in [4.78, 5) is 28.3. The number of nitrogens with one attached hydrogen (secondary N) is 2. The van der Waals surface area contributed by atoms with E-state index >= 15 is 0 Å². The first-order chi connectivity index (χ1) is 11.2. The summed E-state index contributed by atoms with van der Waals surface area (Å²) in [6.07, 6.45) is 4.29. The molecule has 0 aliphatic heterocycles. The van der Waals surface area contributed by atoms with Crippen LogP contribution in [-0.4, -0.2) is 40.7 Å². The first kappa shape index (κ1) is 17.1. The second-order valence-electron chi connectivity index (χ2n) is 4.83. The fourth-order valence-electron chi connectivity index (χ4n) is 2.04. The molecular formula is C16H20N4O2S. The van der Waals surface area contributed by atoms with Gasteiger partial charge < -0.3 is 10.6 Å². The van der Waals surface area contributed by atoms with Gasteiger partial charge in [-0.2, -0.15) is 0 Å². The SMILES string of the molecule is CCCNC(=O)CNC(=O)c1cnc(SC)n1-c1ccccc1. The monoisotopic (exact) mass is 332 g/mol. The van der Waals surface area contributed by atoms with Crippen LogP contribution in [0.4, 0.5) is 0 Å². The summed E-state index contributed by atoms with van der Waals surface area (Å²) < 4.78 is 1.78. The molecule has 2 N–H and O–H groups in total. The van der Waals surface area contributed by atoms with Gasteiger partial charge in [-0.05, 0) is 24.8 Å². The fraction of sp³-hybridized carbons (Fsp3) is 0.312. The lowest BCUT2D eigenvalue weighted by molar-refractivity contribution is -0.120. The Bertz CT molecular complexity index is 670. The van der Waals surface area contributed by atoms with Crippen LogP contribution in [0.15, 0.2) is 41.7 Å². The number of hydrogen-bond acceptors (Lipinski definition) is 4. The van der Waals surface area contributed by atoms with E-state index in [4.69, 9.17) is 0 Å². The van der Waals surface area contributed by atoms with E-state index in [2.05, 4.69) is 15.6 Å². The molecule has 2 amide bonds. The largest absolute Gasteiger partial charge is 0.355 e. The van der Waals surface area contributed by atoms with Gasteiger partial charge in [0.1, 0.15) is 5.69 Å². The highest BCUT2D eigenvalue weighted by molar-refractivity contribution is 7.98. The van der Waals surface area contributed by atoms with Crippen molar-refractivity contribution in [3.05, 3.63) is 42.2 Å². The highest BCUT2D eigenvalue weighted by Crippen LogP contribution is 2.21. The summed E-state index contributed by atoms with van der Waals surface area (Å²) in [6.45, 7) is 2.53. The van der Waals surface area contributed by atoms with Gasteiger partial charge in [0, 0.05) is 12.2 Å². The lowest BCUT2D eigenvalue weighted by Crippen LogP contribution is -2.37. The van der Waals surface area contributed by atoms with Gasteiger partial charge >= 0.3 is 0 Å². The van der Waals surface area contributed by atoms with E-state index in [0.29, 0.717) is 12.2 Å². The zero-order chi connectivity index (χ0) is 16.7. The summed E-state index contributed by atoms with van der Waals surface area (Å²) in [5.74, 6) is -0.524. The van der Waals surface area contributed by atoms with Crippen LogP contribution in [0.1, 0.15) is 23.8 Å². The van der Waals surface area contributed by atoms with E-state index in [1.807, 2.05) is 43.5 Å². The van der Waals surface area contributed by atoms with Gasteiger partial charge in [-0.15, -0.1) is 0 Å². The maximum Gasteiger partial charge on any atom is 0.270 e. The Hall–Kier alpha value is -2.28. The number of rotatable bonds is 7. The Morgan fingerprint density at radius 2 is 1.96 bits per heavy atom. The number of amides is 2. The fourth-order valence-corrected chi connectivity index (χ4v) is 2.59. The van der Waals surface area contributed by atoms with Crippen molar-refractivity contribution in [2.45, 2.75) is 18.5 Å². The summed E-state index contributed by atoms with van der Waals surface area (Å²) >= 11 is 1.46. The van der Waals surface area contributed by atoms with Crippen LogP contribution in [0.5, 0.6) is 0 Å². The average Bonchev–Trinajstić information content (AvgIpc) is 3.02. The molecule has 0 fully saturated rings. The number of para-hydroxylation sites is 1. The van der Waals surface area contributed by atoms with Gasteiger partial charge in [0.2, 0.25) is 5.91 Å². The van der Waals surface area contributed by atoms with Crippen molar-refractivity contribution in [1.29, 1.82) is 0 Å². The van der Waals surface area contributed by atoms with E-state index < -0.39 is 0 Å². The Kier molecular flexibility index (Phi) is 6.22. The molecule has 0 bridgehead atoms. The zero-order valence-corrected chi connectivity index (χ0v) is 14.0. The normalized spacial score (nSPS) is 10.3. The molecule has 0 aliphatic rings. The molecule has 0 unspecified atom stereocenters. The standard InChI is InChI=1S/C16H20N4O2S/c1-3-9-17-14(21)11-18-15(22)13-10-19-16(23-2)20(13)12-7-5-4-6-8-12/h4-8,10H,3,9,11H2,1-2H3,(H,17,21)(H,18,22). The lowest BCUT2D eigenvalue weighted by Gasteiger charge is -2.11. The number of hydrogen-bond donors (Lipinski definition) is 2. The third-order valence-electron chi connectivity index (χ3n) is 3.14. The minimum Gasteiger partial charge on any atom is -0.355 e. The molecule has 122 valence electrons. The quantitative estimate of drug-likeness (QED) is 0.759. The Morgan fingerprint density at radius 3 is 2.61 bits per heavy atom. The molecule has 0 saturated heterocycles. The predicted molar refractivity (Wildman–Crippen MR) is 91.0 cm³/mol. The van der Waals surface area contributed by atoms with Crippen molar-refractivity contribution in [3.8, 4) is 5.69 Å². The molecule has 0 aliphatic carbocycles. The van der Waals surface area contributed by atoms with Crippen LogP contribution in [0, 0.1) is 0 Å². The minimum absolute atomic E-state index is 0.0482. The summed E-state index contributed by atoms with van der Waals surface area (Å²) in [5.41, 5.74) is 1.26. The van der Waals surface area contributed by atoms with E-state index in [0.717, 1.165) is 17.3 Å². The number of nitrogens with zero attached hydrogens (tertiary/aromatic N) is 2. The first-order valence-electron chi connectivity index (χ1n) is 7.39. The van der Waals surface area contributed by atoms with Gasteiger partial charge in [0.25, 0.3) is 5.91 Å². The van der Waals surface area contributed by atoms with Crippen molar-refractivity contribution in [1.82, 2.24) is 20.2 Å². The van der Waals surface area contributed by atoms with Gasteiger partial charge in [0.05, 0.1) is 12.7 Å². The van der Waals surface area contributed by atoms with E-state index in [-0.39, 0.29) is 18.4 Å². The van der Waals surface area contributed by atoms with Gasteiger partial charge in [-0.3, -0.25) is 14.2 Å². The van der Waals surface area contributed by atoms with Crippen molar-refractivity contribution in [2.24, 2.45) is 0 Å². The minimum atomic E-state index is -0.326. The second-order valence-corrected chi connectivity index (χ2v) is 5.61. The predicted octanol–water partition coefficient (Wildman–Crippen LogP) is 1.85. The lowest BCUT2D eigenvalue weighted by atomic mass is 10.3. The number of imidazole rings is 1. The second kappa shape index (κ2) is 8.38. The highest BCUT2D eigenvalue weighted by atomic mass is 32.2. The molecular weight excluding hydrogens is 312 g/mol. The smallest absolute Gasteiger partial charge is 0.270 e. The molecule has 0 saturated carbocycles. The van der Waals surface area contributed by atoms with Crippen LogP contribution < -0.4 is 10.6 Å². The average molecular weight is 332 g/mol. The molecule has 23 heavy (non-hydrogen) atoms. The number of aromatic nitrogens is 2. The van der Waals surface area contributed by atoms with E-state index in [9.17, 15) is 9.59 Å². The first-order valence-corrected chi connectivity index (χ1v) is 8.62. The summed E-state index contributed by atoms with van der Waals surface area (Å²) in [6, 6.07) is 9.54. The number of benzene rings is 1. The molecule has 2 rings (SSSR count). The molecule has 2 aromatic rings. The van der Waals surface area contributed by atoms with Gasteiger partial charge in [0.15, 0.2) is 5.16 Å². The van der Waals surface area contributed by atoms with Crippen LogP contribution in [0.3, 0.4) is 0 Å². The van der Waals surface area contributed by atoms with Crippen LogP contribution in [0.25, 0.3) is 5.69 Å². The molecule has 1 aromatic heterocycles. The highest BCUT2D eigenvalue weighted by Gasteiger charge is 2.17. The number of carbonyl (C=O) groups is 2. The summed E-state index contributed by atoms with van der Waals surface area (Å²) in [5, 5.41) is 6.08. The molecule has 0 spiro atoms. The van der Waals surface area contributed by atoms with Crippen molar-refractivity contribution < 1.29 is 9.59 Å². The number of thioether (sulfide) groups is 1. The number of carbonyl (C=O) groups excluding carboxylic acids is 2. The van der Waals surface area contributed by atoms with Crippen LogP contribution in [0.2, 0.25) is 0 Å². The van der Waals surface area contributed by atoms with Crippen LogP contribution in [-0.2, 0) is 4.79 Å². The van der Waals surface area contributed by atoms with Crippen molar-refractivity contribution >= 4 is 23.6 Å². The Morgan fingerprint density at radius 1 is 1.22 bits per heavy atom. The van der Waals surface area contributed by atoms with Gasteiger partial charge in [-0.25, -0.2) is 4.98 Å². The van der Waals surface area contributed by atoms with E-state index in [1.165, 1.54) is 18.0 Å². The molecule has 1 aromatic carbocycles. The molecule has 0 radical (unpaired) electrons. The maximum absolute atomic E-state index is 12.4. The Balaban J connectivity index is 2.15. The third kappa shape index (κ3) is 4.35. The van der Waals surface area contributed by atoms with Crippen molar-refractivity contribution in [2.75, 3.05) is 19.3 Å². The summed E-state index contributed by atoms with van der Waals surface area (Å²) in [7, 11) is 0. The zero-order valence-electron chi connectivity index (χ0n) is 13.2. The third-order valence-corrected chi connectivity index (χ3v) is 3.79. The van der Waals surface area contributed by atoms with E-state index in [1.54, 1.807) is 4.57 Å². The topological polar surface area (TPSA) is 76.0 Å². The molecule has 0 atom stereocenters. The van der Waals surface area contributed by atoms with Crippen molar-refractivity contribution in [3.63, 3.8) is 0 Å². The molecule has 7 heteroatoms. The Labute approximate surface area is 139 Å². The van der Waals surface area contributed by atoms with Crippen LogP contribution >= 0.6 is 11.8 Å². The molecule has 6 nitrogen and oxygen atoms in total. The van der Waals surface area contributed by atoms with Gasteiger partial charge in [-0.1, -0.05) is 36.9 Å².